The van der Waals surface area contributed by atoms with Crippen LogP contribution in [0, 0.1) is 16.0 Å². The number of hydrogen-bond donors (Lipinski definition) is 1. The zero-order chi connectivity index (χ0) is 16.9. The number of hydrogen-bond acceptors (Lipinski definition) is 6. The van der Waals surface area contributed by atoms with Gasteiger partial charge in [-0.2, -0.15) is 0 Å². The molecule has 1 rings (SSSR count). The van der Waals surface area contributed by atoms with Gasteiger partial charge in [0.2, 0.25) is 0 Å². The number of amides is 1. The van der Waals surface area contributed by atoms with E-state index < -0.39 is 22.8 Å². The molecule has 1 aromatic rings. The van der Waals surface area contributed by atoms with Gasteiger partial charge in [-0.3, -0.25) is 14.9 Å². The van der Waals surface area contributed by atoms with Crippen LogP contribution >= 0.6 is 0 Å². The van der Waals surface area contributed by atoms with E-state index in [1.54, 1.807) is 13.8 Å². The first-order valence-corrected chi connectivity index (χ1v) is 6.53. The quantitative estimate of drug-likeness (QED) is 0.485. The second-order valence-corrected chi connectivity index (χ2v) is 4.86. The topological polar surface area (TPSA) is 108 Å². The normalized spacial score (nSPS) is 11.7. The van der Waals surface area contributed by atoms with Crippen molar-refractivity contribution in [1.82, 2.24) is 5.32 Å². The summed E-state index contributed by atoms with van der Waals surface area (Å²) in [5.41, 5.74) is -0.267. The second-order valence-electron chi connectivity index (χ2n) is 4.86. The van der Waals surface area contributed by atoms with Crippen LogP contribution in [0.4, 0.5) is 5.69 Å². The molecular formula is C14H18N2O6. The van der Waals surface area contributed by atoms with Gasteiger partial charge in [-0.25, -0.2) is 4.79 Å². The second kappa shape index (κ2) is 7.39. The Hall–Kier alpha value is -2.64. The molecule has 0 aliphatic carbocycles. The lowest BCUT2D eigenvalue weighted by atomic mass is 10.0. The van der Waals surface area contributed by atoms with Crippen LogP contribution in [-0.4, -0.2) is 37.1 Å². The molecule has 0 radical (unpaired) electrons. The van der Waals surface area contributed by atoms with E-state index in [0.29, 0.717) is 0 Å². The van der Waals surface area contributed by atoms with Crippen LogP contribution in [-0.2, 0) is 9.53 Å². The third-order valence-electron chi connectivity index (χ3n) is 3.05. The number of nitrogens with one attached hydrogen (secondary N) is 1. The summed E-state index contributed by atoms with van der Waals surface area (Å²) in [5, 5.41) is 13.5. The van der Waals surface area contributed by atoms with Crippen LogP contribution in [0.5, 0.6) is 5.75 Å². The van der Waals surface area contributed by atoms with Crippen molar-refractivity contribution in [2.24, 2.45) is 5.92 Å². The summed E-state index contributed by atoms with van der Waals surface area (Å²) < 4.78 is 9.50. The zero-order valence-corrected chi connectivity index (χ0v) is 12.8. The van der Waals surface area contributed by atoms with E-state index in [1.165, 1.54) is 26.4 Å². The summed E-state index contributed by atoms with van der Waals surface area (Å²) in [6.07, 6.45) is 0. The molecular weight excluding hydrogens is 292 g/mol. The van der Waals surface area contributed by atoms with Gasteiger partial charge in [-0.15, -0.1) is 0 Å². The van der Waals surface area contributed by atoms with Crippen LogP contribution < -0.4 is 10.1 Å². The van der Waals surface area contributed by atoms with Gasteiger partial charge in [0.25, 0.3) is 5.91 Å². The fourth-order valence-corrected chi connectivity index (χ4v) is 1.82. The maximum Gasteiger partial charge on any atom is 0.328 e. The molecule has 0 unspecified atom stereocenters. The predicted octanol–water partition coefficient (Wildman–Crippen LogP) is 1.53. The zero-order valence-electron chi connectivity index (χ0n) is 12.8. The number of esters is 1. The van der Waals surface area contributed by atoms with Crippen LogP contribution in [0.3, 0.4) is 0 Å². The minimum absolute atomic E-state index is 0.0509. The van der Waals surface area contributed by atoms with Gasteiger partial charge in [-0.05, 0) is 18.1 Å². The summed E-state index contributed by atoms with van der Waals surface area (Å²) in [6.45, 7) is 3.50. The Balaban J connectivity index is 3.05. The van der Waals surface area contributed by atoms with Crippen molar-refractivity contribution in [3.8, 4) is 5.75 Å². The highest BCUT2D eigenvalue weighted by Gasteiger charge is 2.26. The van der Waals surface area contributed by atoms with Crippen LogP contribution in [0.1, 0.15) is 24.2 Å². The summed E-state index contributed by atoms with van der Waals surface area (Å²) in [4.78, 5) is 34.1. The summed E-state index contributed by atoms with van der Waals surface area (Å²) in [7, 11) is 2.52. The van der Waals surface area contributed by atoms with Crippen molar-refractivity contribution in [2.45, 2.75) is 19.9 Å². The van der Waals surface area contributed by atoms with Crippen LogP contribution in [0.2, 0.25) is 0 Å². The van der Waals surface area contributed by atoms with Gasteiger partial charge >= 0.3 is 11.7 Å². The maximum atomic E-state index is 12.2. The number of carbonyl (C=O) groups excluding carboxylic acids is 2. The molecule has 1 aromatic carbocycles. The van der Waals surface area contributed by atoms with Crippen molar-refractivity contribution >= 4 is 17.6 Å². The molecule has 0 fully saturated rings. The summed E-state index contributed by atoms with van der Waals surface area (Å²) in [5.74, 6) is -1.32. The lowest BCUT2D eigenvalue weighted by Gasteiger charge is -2.19. The number of nitro benzene ring substituents is 1. The Morgan fingerprint density at radius 3 is 2.36 bits per heavy atom. The first-order chi connectivity index (χ1) is 10.3. The molecule has 0 saturated heterocycles. The van der Waals surface area contributed by atoms with E-state index in [9.17, 15) is 19.7 Å². The molecule has 1 atom stereocenters. The van der Waals surface area contributed by atoms with Gasteiger partial charge in [0.1, 0.15) is 6.04 Å². The lowest BCUT2D eigenvalue weighted by molar-refractivity contribution is -0.385. The molecule has 0 aliphatic heterocycles. The van der Waals surface area contributed by atoms with E-state index in [2.05, 4.69) is 10.1 Å². The van der Waals surface area contributed by atoms with E-state index in [-0.39, 0.29) is 22.9 Å². The number of methoxy groups -OCH3 is 2. The number of nitrogens with zero attached hydrogens (tertiary/aromatic N) is 1. The third kappa shape index (κ3) is 3.94. The third-order valence-corrected chi connectivity index (χ3v) is 3.05. The largest absolute Gasteiger partial charge is 0.490 e. The van der Waals surface area contributed by atoms with Crippen molar-refractivity contribution in [3.63, 3.8) is 0 Å². The average molecular weight is 310 g/mol. The molecule has 1 amide bonds. The summed E-state index contributed by atoms with van der Waals surface area (Å²) in [6, 6.07) is 2.98. The number of rotatable bonds is 6. The molecule has 8 nitrogen and oxygen atoms in total. The highest BCUT2D eigenvalue weighted by atomic mass is 16.6. The minimum atomic E-state index is -0.835. The molecule has 8 heteroatoms. The molecule has 0 aromatic heterocycles. The molecule has 0 aliphatic rings. The molecule has 1 N–H and O–H groups in total. The average Bonchev–Trinajstić information content (AvgIpc) is 2.50. The number of ether oxygens (including phenoxy) is 2. The highest BCUT2D eigenvalue weighted by molar-refractivity contribution is 5.97. The molecule has 0 heterocycles. The predicted molar refractivity (Wildman–Crippen MR) is 77.8 cm³/mol. The van der Waals surface area contributed by atoms with Crippen molar-refractivity contribution in [3.05, 3.63) is 33.9 Å². The summed E-state index contributed by atoms with van der Waals surface area (Å²) >= 11 is 0. The Morgan fingerprint density at radius 2 is 1.91 bits per heavy atom. The maximum absolute atomic E-state index is 12.2. The lowest BCUT2D eigenvalue weighted by Crippen LogP contribution is -2.45. The fraction of sp³-hybridized carbons (Fsp3) is 0.429. The van der Waals surface area contributed by atoms with E-state index in [1.807, 2.05) is 0 Å². The molecule has 22 heavy (non-hydrogen) atoms. The van der Waals surface area contributed by atoms with E-state index in [4.69, 9.17) is 4.74 Å². The number of carbonyl (C=O) groups is 2. The van der Waals surface area contributed by atoms with Crippen molar-refractivity contribution in [1.29, 1.82) is 0 Å². The number of nitro groups is 1. The van der Waals surface area contributed by atoms with Gasteiger partial charge in [0.05, 0.1) is 19.1 Å². The van der Waals surface area contributed by atoms with Crippen molar-refractivity contribution < 1.29 is 24.0 Å². The smallest absolute Gasteiger partial charge is 0.328 e. The highest BCUT2D eigenvalue weighted by Crippen LogP contribution is 2.27. The monoisotopic (exact) mass is 310 g/mol. The van der Waals surface area contributed by atoms with Crippen molar-refractivity contribution in [2.75, 3.05) is 14.2 Å². The van der Waals surface area contributed by atoms with Crippen LogP contribution in [0.25, 0.3) is 0 Å². The number of benzene rings is 1. The SMILES string of the molecule is COC(=O)[C@H](NC(=O)c1ccc(OC)c([N+](=O)[O-])c1)C(C)C. The standard InChI is InChI=1S/C14H18N2O6/c1-8(2)12(14(18)22-4)15-13(17)9-5-6-11(21-3)10(7-9)16(19)20/h5-8,12H,1-4H3,(H,15,17)/t12-/m1/s1. The first-order valence-electron chi connectivity index (χ1n) is 6.53. The van der Waals surface area contributed by atoms with Gasteiger partial charge in [0, 0.05) is 11.6 Å². The van der Waals surface area contributed by atoms with Gasteiger partial charge < -0.3 is 14.8 Å². The van der Waals surface area contributed by atoms with Crippen LogP contribution in [0.15, 0.2) is 18.2 Å². The Morgan fingerprint density at radius 1 is 1.27 bits per heavy atom. The Labute approximate surface area is 127 Å². The Kier molecular flexibility index (Phi) is 5.85. The van der Waals surface area contributed by atoms with Gasteiger partial charge in [0.15, 0.2) is 5.75 Å². The van der Waals surface area contributed by atoms with E-state index >= 15 is 0 Å². The molecule has 0 saturated carbocycles. The molecule has 120 valence electrons. The Bertz CT molecular complexity index is 585. The first kappa shape index (κ1) is 17.4. The fourth-order valence-electron chi connectivity index (χ4n) is 1.82. The molecule has 0 bridgehead atoms. The van der Waals surface area contributed by atoms with Gasteiger partial charge in [-0.1, -0.05) is 13.8 Å². The van der Waals surface area contributed by atoms with E-state index in [0.717, 1.165) is 6.07 Å². The minimum Gasteiger partial charge on any atom is -0.490 e. The molecule has 0 spiro atoms.